The lowest BCUT2D eigenvalue weighted by Gasteiger charge is -2.12. The lowest BCUT2D eigenvalue weighted by Crippen LogP contribution is -2.14. The third-order valence-electron chi connectivity index (χ3n) is 3.06. The summed E-state index contributed by atoms with van der Waals surface area (Å²) in [7, 11) is 0. The number of hydrogen-bond donors (Lipinski definition) is 1. The van der Waals surface area contributed by atoms with Gasteiger partial charge in [-0.3, -0.25) is 4.79 Å². The van der Waals surface area contributed by atoms with Crippen molar-refractivity contribution < 1.29 is 4.79 Å². The maximum absolute atomic E-state index is 12.2. The highest BCUT2D eigenvalue weighted by atomic mass is 16.1. The molecule has 0 saturated carbocycles. The molecular formula is C16H15N3O. The third kappa shape index (κ3) is 2.83. The molecule has 0 aliphatic rings. The fraction of sp³-hybridized carbons (Fsp3) is 0.188. The molecule has 4 heteroatoms. The fourth-order valence-electron chi connectivity index (χ4n) is 2.16. The Morgan fingerprint density at radius 2 is 1.85 bits per heavy atom. The third-order valence-corrected chi connectivity index (χ3v) is 3.06. The Kier molecular flexibility index (Phi) is 3.81. The van der Waals surface area contributed by atoms with Crippen LogP contribution >= 0.6 is 0 Å². The van der Waals surface area contributed by atoms with Gasteiger partial charge in [0.05, 0.1) is 5.56 Å². The maximum Gasteiger partial charge on any atom is 0.257 e. The highest BCUT2D eigenvalue weighted by Gasteiger charge is 2.10. The van der Waals surface area contributed by atoms with Crippen LogP contribution in [0.3, 0.4) is 0 Å². The van der Waals surface area contributed by atoms with Crippen LogP contribution in [-0.4, -0.2) is 10.9 Å². The number of hydrogen-bond acceptors (Lipinski definition) is 3. The number of amides is 1. The molecule has 1 amide bonds. The van der Waals surface area contributed by atoms with E-state index in [0.717, 1.165) is 22.4 Å². The summed E-state index contributed by atoms with van der Waals surface area (Å²) >= 11 is 0. The molecule has 100 valence electrons. The first-order valence-corrected chi connectivity index (χ1v) is 6.26. The van der Waals surface area contributed by atoms with Crippen LogP contribution in [0.5, 0.6) is 0 Å². The van der Waals surface area contributed by atoms with Crippen LogP contribution in [-0.2, 0) is 0 Å². The maximum atomic E-state index is 12.2. The van der Waals surface area contributed by atoms with E-state index in [2.05, 4.69) is 10.3 Å². The summed E-state index contributed by atoms with van der Waals surface area (Å²) in [6.45, 7) is 5.95. The van der Waals surface area contributed by atoms with Crippen LogP contribution in [0.1, 0.15) is 32.7 Å². The van der Waals surface area contributed by atoms with Gasteiger partial charge in [-0.1, -0.05) is 17.7 Å². The Morgan fingerprint density at radius 1 is 1.20 bits per heavy atom. The van der Waals surface area contributed by atoms with E-state index in [1.165, 1.54) is 12.3 Å². The molecule has 0 radical (unpaired) electrons. The minimum absolute atomic E-state index is 0.225. The zero-order valence-electron chi connectivity index (χ0n) is 11.7. The summed E-state index contributed by atoms with van der Waals surface area (Å²) in [5, 5.41) is 11.6. The van der Waals surface area contributed by atoms with Crippen LogP contribution in [0.2, 0.25) is 0 Å². The number of nitriles is 1. The van der Waals surface area contributed by atoms with Crippen molar-refractivity contribution in [2.45, 2.75) is 20.8 Å². The summed E-state index contributed by atoms with van der Waals surface area (Å²) in [5.74, 6) is -0.225. The molecule has 0 spiro atoms. The molecule has 0 aliphatic heterocycles. The largest absolute Gasteiger partial charge is 0.321 e. The van der Waals surface area contributed by atoms with E-state index >= 15 is 0 Å². The molecule has 4 nitrogen and oxygen atoms in total. The zero-order valence-corrected chi connectivity index (χ0v) is 11.7. The van der Waals surface area contributed by atoms with Crippen molar-refractivity contribution in [1.29, 1.82) is 5.26 Å². The lowest BCUT2D eigenvalue weighted by atomic mass is 10.0. The number of nitrogens with one attached hydrogen (secondary N) is 1. The minimum Gasteiger partial charge on any atom is -0.321 e. The van der Waals surface area contributed by atoms with E-state index in [4.69, 9.17) is 5.26 Å². The van der Waals surface area contributed by atoms with Gasteiger partial charge in [0.2, 0.25) is 0 Å². The van der Waals surface area contributed by atoms with Gasteiger partial charge < -0.3 is 5.32 Å². The topological polar surface area (TPSA) is 65.8 Å². The number of benzene rings is 1. The van der Waals surface area contributed by atoms with Gasteiger partial charge in [0.1, 0.15) is 11.8 Å². The molecule has 2 rings (SSSR count). The number of carbonyl (C=O) groups is 1. The quantitative estimate of drug-likeness (QED) is 0.907. The average molecular weight is 265 g/mol. The van der Waals surface area contributed by atoms with Crippen LogP contribution in [0.25, 0.3) is 0 Å². The molecule has 0 atom stereocenters. The second kappa shape index (κ2) is 5.54. The van der Waals surface area contributed by atoms with Crippen LogP contribution < -0.4 is 5.32 Å². The zero-order chi connectivity index (χ0) is 14.7. The number of aryl methyl sites for hydroxylation is 3. The van der Waals surface area contributed by atoms with Crippen molar-refractivity contribution in [3.63, 3.8) is 0 Å². The van der Waals surface area contributed by atoms with Gasteiger partial charge in [-0.05, 0) is 44.0 Å². The molecule has 1 aromatic heterocycles. The van der Waals surface area contributed by atoms with E-state index in [1.807, 2.05) is 39.0 Å². The predicted molar refractivity (Wildman–Crippen MR) is 77.6 cm³/mol. The smallest absolute Gasteiger partial charge is 0.257 e. The first-order chi connectivity index (χ1) is 9.51. The standard InChI is InChI=1S/C16H15N3O/c1-10-6-11(2)15(12(3)7-10)19-16(20)13-4-5-14(8-17)18-9-13/h4-7,9H,1-3H3,(H,19,20). The first kappa shape index (κ1) is 13.8. The van der Waals surface area contributed by atoms with Gasteiger partial charge in [-0.2, -0.15) is 5.26 Å². The van der Waals surface area contributed by atoms with Crippen molar-refractivity contribution in [3.05, 3.63) is 58.4 Å². The van der Waals surface area contributed by atoms with Crippen molar-refractivity contribution in [1.82, 2.24) is 4.98 Å². The highest BCUT2D eigenvalue weighted by Crippen LogP contribution is 2.22. The molecule has 0 unspecified atom stereocenters. The molecule has 1 heterocycles. The van der Waals surface area contributed by atoms with Crippen molar-refractivity contribution in [2.24, 2.45) is 0 Å². The number of aromatic nitrogens is 1. The number of carbonyl (C=O) groups excluding carboxylic acids is 1. The van der Waals surface area contributed by atoms with Gasteiger partial charge in [-0.15, -0.1) is 0 Å². The molecular weight excluding hydrogens is 250 g/mol. The molecule has 20 heavy (non-hydrogen) atoms. The van der Waals surface area contributed by atoms with Crippen LogP contribution in [0.4, 0.5) is 5.69 Å². The Labute approximate surface area is 118 Å². The fourth-order valence-corrected chi connectivity index (χ4v) is 2.16. The molecule has 1 N–H and O–H groups in total. The lowest BCUT2D eigenvalue weighted by molar-refractivity contribution is 0.102. The Balaban J connectivity index is 2.26. The number of nitrogens with zero attached hydrogens (tertiary/aromatic N) is 2. The number of rotatable bonds is 2. The normalized spacial score (nSPS) is 9.90. The SMILES string of the molecule is Cc1cc(C)c(NC(=O)c2ccc(C#N)nc2)c(C)c1. The Hall–Kier alpha value is -2.67. The number of anilines is 1. The van der Waals surface area contributed by atoms with Gasteiger partial charge >= 0.3 is 0 Å². The van der Waals surface area contributed by atoms with Gasteiger partial charge in [0, 0.05) is 11.9 Å². The molecule has 0 aliphatic carbocycles. The minimum atomic E-state index is -0.225. The Bertz CT molecular complexity index is 674. The van der Waals surface area contributed by atoms with E-state index < -0.39 is 0 Å². The first-order valence-electron chi connectivity index (χ1n) is 6.26. The summed E-state index contributed by atoms with van der Waals surface area (Å²) < 4.78 is 0. The molecule has 0 bridgehead atoms. The van der Waals surface area contributed by atoms with Gasteiger partial charge in [-0.25, -0.2) is 4.98 Å². The average Bonchev–Trinajstić information content (AvgIpc) is 2.42. The summed E-state index contributed by atoms with van der Waals surface area (Å²) in [6.07, 6.45) is 1.41. The van der Waals surface area contributed by atoms with E-state index in [1.54, 1.807) is 6.07 Å². The highest BCUT2D eigenvalue weighted by molar-refractivity contribution is 6.04. The summed E-state index contributed by atoms with van der Waals surface area (Å²) in [4.78, 5) is 16.1. The van der Waals surface area contributed by atoms with Crippen molar-refractivity contribution in [2.75, 3.05) is 5.32 Å². The monoisotopic (exact) mass is 265 g/mol. The summed E-state index contributed by atoms with van der Waals surface area (Å²) in [5.41, 5.74) is 4.77. The Morgan fingerprint density at radius 3 is 2.35 bits per heavy atom. The predicted octanol–water partition coefficient (Wildman–Crippen LogP) is 3.13. The van der Waals surface area contributed by atoms with E-state index in [-0.39, 0.29) is 5.91 Å². The molecule has 1 aromatic carbocycles. The second-order valence-electron chi connectivity index (χ2n) is 4.77. The van der Waals surface area contributed by atoms with Crippen molar-refractivity contribution >= 4 is 11.6 Å². The van der Waals surface area contributed by atoms with Gasteiger partial charge in [0.25, 0.3) is 5.91 Å². The van der Waals surface area contributed by atoms with Crippen LogP contribution in [0, 0.1) is 32.1 Å². The molecule has 2 aromatic rings. The van der Waals surface area contributed by atoms with Crippen LogP contribution in [0.15, 0.2) is 30.5 Å². The van der Waals surface area contributed by atoms with E-state index in [9.17, 15) is 4.79 Å². The van der Waals surface area contributed by atoms with Gasteiger partial charge in [0.15, 0.2) is 0 Å². The second-order valence-corrected chi connectivity index (χ2v) is 4.77. The van der Waals surface area contributed by atoms with Crippen molar-refractivity contribution in [3.8, 4) is 6.07 Å². The number of pyridine rings is 1. The summed E-state index contributed by atoms with van der Waals surface area (Å²) in [6, 6.07) is 9.11. The molecule has 0 saturated heterocycles. The molecule has 0 fully saturated rings. The van der Waals surface area contributed by atoms with E-state index in [0.29, 0.717) is 11.3 Å².